The van der Waals surface area contributed by atoms with Crippen molar-refractivity contribution < 1.29 is 52.2 Å². The molecule has 0 fully saturated rings. The van der Waals surface area contributed by atoms with E-state index in [0.29, 0.717) is 19.3 Å². The number of esters is 3. The Bertz CT molecular complexity index is 1820. The molecule has 0 aliphatic carbocycles. The van der Waals surface area contributed by atoms with E-state index in [2.05, 4.69) is 130 Å². The van der Waals surface area contributed by atoms with Crippen LogP contribution in [0.2, 0.25) is 0 Å². The van der Waals surface area contributed by atoms with Gasteiger partial charge < -0.3 is 24.2 Å². The van der Waals surface area contributed by atoms with Gasteiger partial charge in [-0.25, -0.2) is 4.57 Å². The van der Waals surface area contributed by atoms with E-state index in [-0.39, 0.29) is 25.9 Å². The van der Waals surface area contributed by atoms with Crippen molar-refractivity contribution in [3.05, 3.63) is 134 Å². The molecule has 0 amide bonds. The maximum absolute atomic E-state index is 12.9. The molecule has 12 heteroatoms. The first-order valence-corrected chi connectivity index (χ1v) is 31.6. The molecule has 0 aromatic heterocycles. The molecular weight excluding hydrogens is 1000 g/mol. The number of aliphatic hydroxyl groups excluding tert-OH is 1. The van der Waals surface area contributed by atoms with Gasteiger partial charge in [-0.3, -0.25) is 23.4 Å². The van der Waals surface area contributed by atoms with Crippen LogP contribution in [-0.4, -0.2) is 66.5 Å². The van der Waals surface area contributed by atoms with E-state index in [4.69, 9.17) is 23.3 Å². The summed E-state index contributed by atoms with van der Waals surface area (Å²) in [5.41, 5.74) is 0. The smallest absolute Gasteiger partial charge is 0.462 e. The van der Waals surface area contributed by atoms with Crippen molar-refractivity contribution in [1.29, 1.82) is 0 Å². The quantitative estimate of drug-likeness (QED) is 0.0197. The molecule has 0 heterocycles. The number of unbranched alkanes of at least 4 members (excludes halogenated alkanes) is 16. The highest BCUT2D eigenvalue weighted by Gasteiger charge is 2.28. The average molecular weight is 1110 g/mol. The van der Waals surface area contributed by atoms with Gasteiger partial charge in [0.15, 0.2) is 6.10 Å². The van der Waals surface area contributed by atoms with Gasteiger partial charge in [0, 0.05) is 12.8 Å². The average Bonchev–Trinajstić information content (AvgIpc) is 3.43. The van der Waals surface area contributed by atoms with Crippen LogP contribution in [0.4, 0.5) is 0 Å². The van der Waals surface area contributed by atoms with Gasteiger partial charge in [0.2, 0.25) is 0 Å². The maximum Gasteiger partial charge on any atom is 0.472 e. The van der Waals surface area contributed by atoms with E-state index in [1.54, 1.807) is 6.08 Å². The third kappa shape index (κ3) is 56.3. The first-order valence-electron chi connectivity index (χ1n) is 30.1. The van der Waals surface area contributed by atoms with Crippen molar-refractivity contribution in [3.8, 4) is 0 Å². The Hall–Kier alpha value is -4.38. The van der Waals surface area contributed by atoms with E-state index in [0.717, 1.165) is 103 Å². The van der Waals surface area contributed by atoms with E-state index >= 15 is 0 Å². The summed E-state index contributed by atoms with van der Waals surface area (Å²) in [6.45, 7) is 4.25. The second kappa shape index (κ2) is 58.8. The van der Waals surface area contributed by atoms with Gasteiger partial charge in [-0.15, -0.1) is 0 Å². The number of phosphoric ester groups is 1. The summed E-state index contributed by atoms with van der Waals surface area (Å²) in [5, 5.41) is 9.81. The minimum absolute atomic E-state index is 0.0644. The van der Waals surface area contributed by atoms with Gasteiger partial charge >= 0.3 is 25.7 Å². The monoisotopic (exact) mass is 1110 g/mol. The molecule has 0 rings (SSSR count). The molecule has 0 bridgehead atoms. The zero-order chi connectivity index (χ0) is 56.9. The first kappa shape index (κ1) is 73.6. The van der Waals surface area contributed by atoms with Gasteiger partial charge in [0.25, 0.3) is 0 Å². The number of carbonyl (C=O) groups excluding carboxylic acids is 3. The normalized spacial score (nSPS) is 14.3. The van der Waals surface area contributed by atoms with Crippen LogP contribution in [0.25, 0.3) is 0 Å². The van der Waals surface area contributed by atoms with Crippen molar-refractivity contribution in [3.63, 3.8) is 0 Å². The lowest BCUT2D eigenvalue weighted by atomic mass is 10.1. The number of phosphoric acid groups is 1. The molecule has 0 aromatic carbocycles. The molecular formula is C66H107O11P. The van der Waals surface area contributed by atoms with Gasteiger partial charge in [0.1, 0.15) is 12.7 Å². The molecule has 0 aliphatic rings. The molecule has 0 aromatic rings. The Kier molecular flexibility index (Phi) is 55.5. The molecule has 3 atom stereocenters. The lowest BCUT2D eigenvalue weighted by molar-refractivity contribution is -0.161. The highest BCUT2D eigenvalue weighted by molar-refractivity contribution is 7.47. The molecule has 0 radical (unpaired) electrons. The SMILES string of the molecule is CC/C=C\C/C=C\C/C=C\C/C=C\C/C=C\CCCCCC(=O)OC(COC(=O)CCCCCCCCC/C=C\CCCCCCCC)COP(=O)(O)OCC(CO)OC(=O)C/C=C\C/C=C\C/C=C\C/C=C\C/C=C\CC. The van der Waals surface area contributed by atoms with Crippen molar-refractivity contribution in [2.24, 2.45) is 0 Å². The standard InChI is InChI=1S/C66H107O11P/c1-4-7-10-13-16-19-22-25-28-30-31-33-36-39-42-45-48-51-54-57-66(70)77-63(59-73-64(68)55-52-49-46-43-40-37-35-32-29-26-23-20-17-14-11-8-5-2)61-75-78(71,72)74-60-62(58-67)76-65(69)56-53-50-47-44-41-38-34-27-24-21-18-15-12-9-6-3/h7,9-10,12,16,18-19,21,25-29,31,33-34,39,41-42,44,50,53,62-63,67H,4-6,8,11,13-15,17,20,22-24,30,32,35-38,40,43,45-49,51-52,54-61H2,1-3H3,(H,71,72)/b10-7-,12-9-,19-16-,21-18-,28-25-,29-26-,33-31-,34-27-,42-39-,44-41-,53-50-. The summed E-state index contributed by atoms with van der Waals surface area (Å²) in [7, 11) is -4.79. The molecule has 78 heavy (non-hydrogen) atoms. The lowest BCUT2D eigenvalue weighted by Crippen LogP contribution is -2.30. The molecule has 442 valence electrons. The summed E-state index contributed by atoms with van der Waals surface area (Å²) in [5.74, 6) is -1.66. The molecule has 3 unspecified atom stereocenters. The van der Waals surface area contributed by atoms with E-state index < -0.39 is 57.8 Å². The van der Waals surface area contributed by atoms with Crippen molar-refractivity contribution >= 4 is 25.7 Å². The van der Waals surface area contributed by atoms with Gasteiger partial charge in [-0.2, -0.15) is 0 Å². The second-order valence-electron chi connectivity index (χ2n) is 19.4. The maximum atomic E-state index is 12.9. The number of ether oxygens (including phenoxy) is 3. The zero-order valence-electron chi connectivity index (χ0n) is 48.8. The summed E-state index contributed by atoms with van der Waals surface area (Å²) in [4.78, 5) is 48.6. The van der Waals surface area contributed by atoms with Crippen LogP contribution in [-0.2, 0) is 42.2 Å². The lowest BCUT2D eigenvalue weighted by Gasteiger charge is -2.21. The Morgan fingerprint density at radius 3 is 1.15 bits per heavy atom. The second-order valence-corrected chi connectivity index (χ2v) is 20.9. The topological polar surface area (TPSA) is 155 Å². The fraction of sp³-hybridized carbons (Fsp3) is 0.621. The summed E-state index contributed by atoms with van der Waals surface area (Å²) in [6.07, 6.45) is 74.4. The van der Waals surface area contributed by atoms with Crippen LogP contribution in [0, 0.1) is 0 Å². The third-order valence-electron chi connectivity index (χ3n) is 12.1. The number of carbonyl (C=O) groups is 3. The predicted molar refractivity (Wildman–Crippen MR) is 325 cm³/mol. The van der Waals surface area contributed by atoms with Gasteiger partial charge in [-0.1, -0.05) is 225 Å². The van der Waals surface area contributed by atoms with Gasteiger partial charge in [0.05, 0.1) is 26.2 Å². The number of allylic oxidation sites excluding steroid dienone is 21. The Balaban J connectivity index is 4.88. The minimum Gasteiger partial charge on any atom is -0.462 e. The van der Waals surface area contributed by atoms with Crippen LogP contribution in [0.1, 0.15) is 226 Å². The molecule has 0 aliphatic heterocycles. The summed E-state index contributed by atoms with van der Waals surface area (Å²) < 4.78 is 39.4. The molecule has 11 nitrogen and oxygen atoms in total. The molecule has 0 saturated carbocycles. The van der Waals surface area contributed by atoms with E-state index in [1.807, 2.05) is 18.2 Å². The summed E-state index contributed by atoms with van der Waals surface area (Å²) in [6, 6.07) is 0. The Labute approximate surface area is 474 Å². The van der Waals surface area contributed by atoms with Crippen LogP contribution < -0.4 is 0 Å². The third-order valence-corrected chi connectivity index (χ3v) is 13.0. The Morgan fingerprint density at radius 2 is 0.718 bits per heavy atom. The number of hydrogen-bond acceptors (Lipinski definition) is 10. The highest BCUT2D eigenvalue weighted by atomic mass is 31.2. The fourth-order valence-electron chi connectivity index (χ4n) is 7.57. The van der Waals surface area contributed by atoms with Crippen LogP contribution in [0.5, 0.6) is 0 Å². The number of rotatable bonds is 54. The van der Waals surface area contributed by atoms with Crippen LogP contribution in [0.15, 0.2) is 134 Å². The van der Waals surface area contributed by atoms with Crippen molar-refractivity contribution in [2.45, 2.75) is 238 Å². The molecule has 0 spiro atoms. The highest BCUT2D eigenvalue weighted by Crippen LogP contribution is 2.43. The van der Waals surface area contributed by atoms with Crippen molar-refractivity contribution in [1.82, 2.24) is 0 Å². The molecule has 2 N–H and O–H groups in total. The number of hydrogen-bond donors (Lipinski definition) is 2. The minimum atomic E-state index is -4.79. The zero-order valence-corrected chi connectivity index (χ0v) is 49.7. The predicted octanol–water partition coefficient (Wildman–Crippen LogP) is 18.1. The van der Waals surface area contributed by atoms with Crippen LogP contribution in [0.3, 0.4) is 0 Å². The Morgan fingerprint density at radius 1 is 0.385 bits per heavy atom. The first-order chi connectivity index (χ1) is 38.2. The van der Waals surface area contributed by atoms with E-state index in [1.165, 1.54) is 64.2 Å². The molecule has 0 saturated heterocycles. The van der Waals surface area contributed by atoms with Crippen molar-refractivity contribution in [2.75, 3.05) is 26.4 Å². The van der Waals surface area contributed by atoms with E-state index in [9.17, 15) is 28.9 Å². The largest absolute Gasteiger partial charge is 0.472 e. The van der Waals surface area contributed by atoms with Crippen LogP contribution >= 0.6 is 7.82 Å². The summed E-state index contributed by atoms with van der Waals surface area (Å²) >= 11 is 0. The van der Waals surface area contributed by atoms with Gasteiger partial charge in [-0.05, 0) is 116 Å². The number of aliphatic hydroxyl groups is 1. The fourth-order valence-corrected chi connectivity index (χ4v) is 8.35.